The van der Waals surface area contributed by atoms with E-state index in [0.29, 0.717) is 0 Å². The zero-order chi connectivity index (χ0) is 12.5. The van der Waals surface area contributed by atoms with E-state index in [4.69, 9.17) is 5.73 Å². The molecule has 0 amide bonds. The van der Waals surface area contributed by atoms with Crippen molar-refractivity contribution in [2.45, 2.75) is 38.6 Å². The second kappa shape index (κ2) is 4.58. The monoisotopic (exact) mass is 241 g/mol. The molecule has 1 aromatic carbocycles. The Morgan fingerprint density at radius 3 is 2.94 bits per heavy atom. The van der Waals surface area contributed by atoms with Crippen molar-refractivity contribution in [1.82, 2.24) is 9.55 Å². The highest BCUT2D eigenvalue weighted by Crippen LogP contribution is 2.24. The van der Waals surface area contributed by atoms with Gasteiger partial charge >= 0.3 is 0 Å². The van der Waals surface area contributed by atoms with Crippen LogP contribution >= 0.6 is 0 Å². The Labute approximate surface area is 108 Å². The molecule has 1 unspecified atom stereocenters. The third-order valence-corrected chi connectivity index (χ3v) is 3.70. The fourth-order valence-electron chi connectivity index (χ4n) is 2.65. The lowest BCUT2D eigenvalue weighted by atomic mass is 10.0. The Balaban J connectivity index is 2.04. The molecule has 3 rings (SSSR count). The van der Waals surface area contributed by atoms with Crippen molar-refractivity contribution in [2.24, 2.45) is 5.73 Å². The zero-order valence-electron chi connectivity index (χ0n) is 10.8. The standard InChI is InChI=1S/C15H19N3/c1-11(16)12-5-4-6-13(9-12)18-10-17-14-7-2-3-8-15(14)18/h4-6,9-11H,2-3,7-8,16H2,1H3. The molecule has 1 aliphatic rings. The SMILES string of the molecule is CC(N)c1cccc(-n2cnc3c2CCCC3)c1. The van der Waals surface area contributed by atoms with Crippen LogP contribution in [0, 0.1) is 0 Å². The number of nitrogens with two attached hydrogens (primary N) is 1. The van der Waals surface area contributed by atoms with Crippen LogP contribution in [-0.4, -0.2) is 9.55 Å². The molecule has 2 aromatic rings. The molecule has 0 aliphatic heterocycles. The first kappa shape index (κ1) is 11.5. The number of rotatable bonds is 2. The Kier molecular flexibility index (Phi) is 2.92. The fraction of sp³-hybridized carbons (Fsp3) is 0.400. The number of hydrogen-bond acceptors (Lipinski definition) is 2. The summed E-state index contributed by atoms with van der Waals surface area (Å²) in [5, 5.41) is 0. The van der Waals surface area contributed by atoms with Crippen LogP contribution in [0.4, 0.5) is 0 Å². The maximum Gasteiger partial charge on any atom is 0.0997 e. The molecule has 2 N–H and O–H groups in total. The summed E-state index contributed by atoms with van der Waals surface area (Å²) in [4.78, 5) is 4.54. The molecule has 3 heteroatoms. The van der Waals surface area contributed by atoms with Crippen LogP contribution in [0.1, 0.15) is 42.8 Å². The van der Waals surface area contributed by atoms with Crippen molar-refractivity contribution < 1.29 is 0 Å². The van der Waals surface area contributed by atoms with Gasteiger partial charge in [-0.05, 0) is 50.3 Å². The predicted octanol–water partition coefficient (Wildman–Crippen LogP) is 2.77. The van der Waals surface area contributed by atoms with Crippen molar-refractivity contribution in [3.63, 3.8) is 0 Å². The molecule has 0 bridgehead atoms. The number of hydrogen-bond donors (Lipinski definition) is 1. The maximum atomic E-state index is 5.95. The van der Waals surface area contributed by atoms with Gasteiger partial charge in [-0.2, -0.15) is 0 Å². The number of imidazole rings is 1. The van der Waals surface area contributed by atoms with Gasteiger partial charge in [-0.3, -0.25) is 0 Å². The molecule has 0 saturated heterocycles. The zero-order valence-corrected chi connectivity index (χ0v) is 10.8. The molecule has 0 spiro atoms. The lowest BCUT2D eigenvalue weighted by Crippen LogP contribution is -2.08. The Bertz CT molecular complexity index is 555. The number of benzene rings is 1. The summed E-state index contributed by atoms with van der Waals surface area (Å²) >= 11 is 0. The van der Waals surface area contributed by atoms with E-state index in [1.165, 1.54) is 35.5 Å². The highest BCUT2D eigenvalue weighted by atomic mass is 15.1. The largest absolute Gasteiger partial charge is 0.324 e. The lowest BCUT2D eigenvalue weighted by Gasteiger charge is -2.15. The van der Waals surface area contributed by atoms with Crippen LogP contribution in [0.5, 0.6) is 0 Å². The number of fused-ring (bicyclic) bond motifs is 1. The Morgan fingerprint density at radius 2 is 2.11 bits per heavy atom. The van der Waals surface area contributed by atoms with E-state index in [1.54, 1.807) is 0 Å². The highest BCUT2D eigenvalue weighted by molar-refractivity contribution is 5.40. The second-order valence-electron chi connectivity index (χ2n) is 5.10. The van der Waals surface area contributed by atoms with Gasteiger partial charge < -0.3 is 10.3 Å². The van der Waals surface area contributed by atoms with Crippen molar-refractivity contribution in [3.8, 4) is 5.69 Å². The van der Waals surface area contributed by atoms with E-state index in [2.05, 4.69) is 33.8 Å². The first-order chi connectivity index (χ1) is 8.75. The quantitative estimate of drug-likeness (QED) is 0.878. The van der Waals surface area contributed by atoms with Gasteiger partial charge in [-0.15, -0.1) is 0 Å². The number of aromatic nitrogens is 2. The van der Waals surface area contributed by atoms with Crippen LogP contribution in [-0.2, 0) is 12.8 Å². The number of nitrogens with zero attached hydrogens (tertiary/aromatic N) is 2. The van der Waals surface area contributed by atoms with Crippen LogP contribution in [0.3, 0.4) is 0 Å². The second-order valence-corrected chi connectivity index (χ2v) is 5.10. The van der Waals surface area contributed by atoms with E-state index in [1.807, 2.05) is 13.3 Å². The number of aryl methyl sites for hydroxylation is 1. The topological polar surface area (TPSA) is 43.8 Å². The summed E-state index contributed by atoms with van der Waals surface area (Å²) in [6.07, 6.45) is 6.75. The van der Waals surface area contributed by atoms with Crippen LogP contribution < -0.4 is 5.73 Å². The lowest BCUT2D eigenvalue weighted by molar-refractivity contribution is 0.656. The van der Waals surface area contributed by atoms with Gasteiger partial charge in [0, 0.05) is 17.4 Å². The molecule has 0 radical (unpaired) electrons. The van der Waals surface area contributed by atoms with Gasteiger partial charge in [0.25, 0.3) is 0 Å². The van der Waals surface area contributed by atoms with Crippen molar-refractivity contribution >= 4 is 0 Å². The molecular formula is C15H19N3. The first-order valence-corrected chi connectivity index (χ1v) is 6.67. The van der Waals surface area contributed by atoms with E-state index in [0.717, 1.165) is 12.8 Å². The van der Waals surface area contributed by atoms with Crippen LogP contribution in [0.2, 0.25) is 0 Å². The summed E-state index contributed by atoms with van der Waals surface area (Å²) in [6.45, 7) is 2.02. The van der Waals surface area contributed by atoms with Crippen LogP contribution in [0.15, 0.2) is 30.6 Å². The molecule has 0 fully saturated rings. The van der Waals surface area contributed by atoms with E-state index in [9.17, 15) is 0 Å². The minimum atomic E-state index is 0.0734. The van der Waals surface area contributed by atoms with Gasteiger partial charge in [0.15, 0.2) is 0 Å². The van der Waals surface area contributed by atoms with E-state index >= 15 is 0 Å². The summed E-state index contributed by atoms with van der Waals surface area (Å²) in [6, 6.07) is 8.52. The fourth-order valence-corrected chi connectivity index (χ4v) is 2.65. The highest BCUT2D eigenvalue weighted by Gasteiger charge is 2.16. The minimum Gasteiger partial charge on any atom is -0.324 e. The van der Waals surface area contributed by atoms with Crippen molar-refractivity contribution in [2.75, 3.05) is 0 Å². The normalized spacial score (nSPS) is 16.3. The third kappa shape index (κ3) is 1.95. The predicted molar refractivity (Wildman–Crippen MR) is 72.8 cm³/mol. The molecule has 1 aliphatic carbocycles. The maximum absolute atomic E-state index is 5.95. The molecule has 1 atom stereocenters. The van der Waals surface area contributed by atoms with Crippen LogP contribution in [0.25, 0.3) is 5.69 Å². The molecule has 1 heterocycles. The van der Waals surface area contributed by atoms with E-state index < -0.39 is 0 Å². The molecule has 3 nitrogen and oxygen atoms in total. The summed E-state index contributed by atoms with van der Waals surface area (Å²) < 4.78 is 2.22. The first-order valence-electron chi connectivity index (χ1n) is 6.67. The van der Waals surface area contributed by atoms with Gasteiger partial charge in [0.1, 0.15) is 0 Å². The van der Waals surface area contributed by atoms with Gasteiger partial charge in [0.2, 0.25) is 0 Å². The summed E-state index contributed by atoms with van der Waals surface area (Å²) in [5.74, 6) is 0. The molecule has 1 aromatic heterocycles. The van der Waals surface area contributed by atoms with Gasteiger partial charge in [-0.1, -0.05) is 12.1 Å². The summed E-state index contributed by atoms with van der Waals surface area (Å²) in [7, 11) is 0. The third-order valence-electron chi connectivity index (χ3n) is 3.70. The average molecular weight is 241 g/mol. The average Bonchev–Trinajstić information content (AvgIpc) is 2.82. The Morgan fingerprint density at radius 1 is 1.28 bits per heavy atom. The molecule has 94 valence electrons. The smallest absolute Gasteiger partial charge is 0.0997 e. The Hall–Kier alpha value is -1.61. The minimum absolute atomic E-state index is 0.0734. The van der Waals surface area contributed by atoms with E-state index in [-0.39, 0.29) is 6.04 Å². The molecule has 18 heavy (non-hydrogen) atoms. The van der Waals surface area contributed by atoms with Crippen molar-refractivity contribution in [3.05, 3.63) is 47.5 Å². The van der Waals surface area contributed by atoms with Gasteiger partial charge in [0.05, 0.1) is 12.0 Å². The summed E-state index contributed by atoms with van der Waals surface area (Å²) in [5.41, 5.74) is 11.0. The molecular weight excluding hydrogens is 222 g/mol. The molecule has 0 saturated carbocycles. The van der Waals surface area contributed by atoms with Crippen molar-refractivity contribution in [1.29, 1.82) is 0 Å². The van der Waals surface area contributed by atoms with Gasteiger partial charge in [-0.25, -0.2) is 4.98 Å².